The number of alkyl halides is 3. The molecule has 0 aliphatic carbocycles. The summed E-state index contributed by atoms with van der Waals surface area (Å²) in [5, 5.41) is 3.34. The molecule has 0 radical (unpaired) electrons. The van der Waals surface area contributed by atoms with Gasteiger partial charge in [-0.2, -0.15) is 0 Å². The van der Waals surface area contributed by atoms with E-state index >= 15 is 0 Å². The molecule has 3 amide bonds. The molecule has 2 aromatic carbocycles. The second-order valence-corrected chi connectivity index (χ2v) is 8.54. The summed E-state index contributed by atoms with van der Waals surface area (Å²) < 4.78 is 42.8. The number of para-hydroxylation sites is 1. The summed E-state index contributed by atoms with van der Waals surface area (Å²) >= 11 is 0. The van der Waals surface area contributed by atoms with E-state index in [9.17, 15) is 27.6 Å². The number of nitrogens with one attached hydrogen (secondary N) is 1. The van der Waals surface area contributed by atoms with Crippen LogP contribution in [0.1, 0.15) is 12.0 Å². The lowest BCUT2D eigenvalue weighted by molar-refractivity contribution is -0.274. The zero-order chi connectivity index (χ0) is 26.0. The first-order chi connectivity index (χ1) is 17.1. The lowest BCUT2D eigenvalue weighted by Crippen LogP contribution is -2.43. The third kappa shape index (κ3) is 5.43. The first kappa shape index (κ1) is 25.0. The van der Waals surface area contributed by atoms with Gasteiger partial charge in [-0.15, -0.1) is 13.2 Å². The van der Waals surface area contributed by atoms with Gasteiger partial charge in [-0.1, -0.05) is 30.3 Å². The Labute approximate surface area is 203 Å². The van der Waals surface area contributed by atoms with Crippen LogP contribution in [0.25, 0.3) is 10.9 Å². The monoisotopic (exact) mass is 503 g/mol. The van der Waals surface area contributed by atoms with Gasteiger partial charge in [0, 0.05) is 24.5 Å². The van der Waals surface area contributed by atoms with Crippen LogP contribution in [0.15, 0.2) is 54.7 Å². The van der Waals surface area contributed by atoms with Gasteiger partial charge in [-0.3, -0.25) is 9.36 Å². The number of ether oxygens (including phenoxy) is 1. The van der Waals surface area contributed by atoms with Crippen molar-refractivity contribution in [3.8, 4) is 5.75 Å². The number of fused-ring (bicyclic) bond motifs is 1. The minimum absolute atomic E-state index is 0.128. The van der Waals surface area contributed by atoms with Crippen LogP contribution in [0.5, 0.6) is 5.75 Å². The van der Waals surface area contributed by atoms with E-state index in [4.69, 9.17) is 11.5 Å². The molecule has 0 unspecified atom stereocenters. The number of rotatable bonds is 6. The number of primary amides is 1. The number of anilines is 1. The molecular formula is C24H24F3N5O4. The standard InChI is InChI=1S/C24H24F3N5O4/c25-24(26,27)36-16-5-3-4-14(8-16)10-21(33)20-9-15(11-28)12-32(20)23(35)30-18-13-31(22(29)34)19-7-2-1-6-17(18)19/h1-8,13,15,20H,9-12,28H2,(H2,29,34)(H,30,35)/t15-,20+/m1/s1. The molecule has 190 valence electrons. The van der Waals surface area contributed by atoms with E-state index in [0.717, 1.165) is 12.1 Å². The van der Waals surface area contributed by atoms with Crippen LogP contribution in [0.2, 0.25) is 0 Å². The third-order valence-corrected chi connectivity index (χ3v) is 6.05. The molecule has 1 saturated heterocycles. The normalized spacial score (nSPS) is 17.8. The first-order valence-electron chi connectivity index (χ1n) is 11.1. The highest BCUT2D eigenvalue weighted by molar-refractivity contribution is 6.05. The quantitative estimate of drug-likeness (QED) is 0.474. The Balaban J connectivity index is 1.53. The highest BCUT2D eigenvalue weighted by atomic mass is 19.4. The summed E-state index contributed by atoms with van der Waals surface area (Å²) in [6, 6.07) is 9.92. The van der Waals surface area contributed by atoms with Crippen molar-refractivity contribution in [3.63, 3.8) is 0 Å². The molecule has 9 nitrogen and oxygen atoms in total. The first-order valence-corrected chi connectivity index (χ1v) is 11.1. The summed E-state index contributed by atoms with van der Waals surface area (Å²) in [7, 11) is 0. The minimum Gasteiger partial charge on any atom is -0.406 e. The Morgan fingerprint density at radius 1 is 1.11 bits per heavy atom. The number of Topliss-reactive ketones (excluding diaryl/α,β-unsaturated/α-hetero) is 1. The van der Waals surface area contributed by atoms with Gasteiger partial charge < -0.3 is 26.4 Å². The van der Waals surface area contributed by atoms with Crippen molar-refractivity contribution in [1.29, 1.82) is 0 Å². The van der Waals surface area contributed by atoms with Gasteiger partial charge in [0.25, 0.3) is 0 Å². The zero-order valence-corrected chi connectivity index (χ0v) is 19.0. The van der Waals surface area contributed by atoms with E-state index < -0.39 is 30.2 Å². The average molecular weight is 503 g/mol. The van der Waals surface area contributed by atoms with Crippen molar-refractivity contribution < 1.29 is 32.3 Å². The van der Waals surface area contributed by atoms with Gasteiger partial charge in [0.05, 0.1) is 17.2 Å². The number of hydrogen-bond donors (Lipinski definition) is 3. The van der Waals surface area contributed by atoms with Gasteiger partial charge in [0.15, 0.2) is 5.78 Å². The number of carbonyl (C=O) groups excluding carboxylic acids is 3. The van der Waals surface area contributed by atoms with Gasteiger partial charge in [0.1, 0.15) is 5.75 Å². The van der Waals surface area contributed by atoms with Crippen molar-refractivity contribution in [2.45, 2.75) is 25.2 Å². The maximum atomic E-state index is 13.2. The maximum Gasteiger partial charge on any atom is 0.573 e. The summed E-state index contributed by atoms with van der Waals surface area (Å²) in [6.45, 7) is 0.480. The molecule has 0 spiro atoms. The maximum absolute atomic E-state index is 13.2. The van der Waals surface area contributed by atoms with Crippen LogP contribution in [0, 0.1) is 5.92 Å². The number of halogens is 3. The number of ketones is 1. The largest absolute Gasteiger partial charge is 0.573 e. The van der Waals surface area contributed by atoms with Crippen LogP contribution < -0.4 is 21.5 Å². The van der Waals surface area contributed by atoms with Crippen LogP contribution in [0.3, 0.4) is 0 Å². The molecule has 1 fully saturated rings. The Morgan fingerprint density at radius 2 is 1.86 bits per heavy atom. The van der Waals surface area contributed by atoms with Gasteiger partial charge in [-0.05, 0) is 42.6 Å². The lowest BCUT2D eigenvalue weighted by atomic mass is 9.98. The molecule has 2 atom stereocenters. The number of amides is 3. The minimum atomic E-state index is -4.85. The van der Waals surface area contributed by atoms with Gasteiger partial charge in [-0.25, -0.2) is 9.59 Å². The van der Waals surface area contributed by atoms with Crippen molar-refractivity contribution in [2.75, 3.05) is 18.4 Å². The lowest BCUT2D eigenvalue weighted by Gasteiger charge is -2.24. The SMILES string of the molecule is NC[C@H]1C[C@@H](C(=O)Cc2cccc(OC(F)(F)F)c2)N(C(=O)Nc2cn(C(N)=O)c3ccccc23)C1. The number of nitrogens with zero attached hydrogens (tertiary/aromatic N) is 2. The molecule has 2 heterocycles. The van der Waals surface area contributed by atoms with Crippen molar-refractivity contribution in [3.05, 3.63) is 60.3 Å². The molecule has 1 aliphatic rings. The highest BCUT2D eigenvalue weighted by Gasteiger charge is 2.39. The fourth-order valence-electron chi connectivity index (χ4n) is 4.44. The second-order valence-electron chi connectivity index (χ2n) is 8.54. The number of likely N-dealkylation sites (tertiary alicyclic amines) is 1. The van der Waals surface area contributed by atoms with Crippen LogP contribution in [0.4, 0.5) is 28.4 Å². The van der Waals surface area contributed by atoms with Gasteiger partial charge >= 0.3 is 18.4 Å². The molecule has 1 aromatic heterocycles. The molecule has 0 bridgehead atoms. The van der Waals surface area contributed by atoms with E-state index in [1.165, 1.54) is 27.8 Å². The Kier molecular flexibility index (Phi) is 6.88. The Hall–Kier alpha value is -4.06. The van der Waals surface area contributed by atoms with Crippen molar-refractivity contribution in [1.82, 2.24) is 9.47 Å². The zero-order valence-electron chi connectivity index (χ0n) is 19.0. The number of nitrogens with two attached hydrogens (primary N) is 2. The number of carbonyl (C=O) groups is 3. The molecule has 4 rings (SSSR count). The van der Waals surface area contributed by atoms with E-state index in [1.54, 1.807) is 24.3 Å². The molecule has 5 N–H and O–H groups in total. The molecule has 12 heteroatoms. The number of benzene rings is 2. The van der Waals surface area contributed by atoms with Crippen LogP contribution in [-0.4, -0.2) is 52.8 Å². The number of urea groups is 1. The second kappa shape index (κ2) is 9.90. The van der Waals surface area contributed by atoms with E-state index in [1.807, 2.05) is 0 Å². The molecular weight excluding hydrogens is 479 g/mol. The third-order valence-electron chi connectivity index (χ3n) is 6.05. The predicted molar refractivity (Wildman–Crippen MR) is 125 cm³/mol. The van der Waals surface area contributed by atoms with Gasteiger partial charge in [0.2, 0.25) is 0 Å². The number of aromatic nitrogens is 1. The number of hydrogen-bond acceptors (Lipinski definition) is 5. The topological polar surface area (TPSA) is 133 Å². The molecule has 36 heavy (non-hydrogen) atoms. The smallest absolute Gasteiger partial charge is 0.406 e. The Morgan fingerprint density at radius 3 is 2.56 bits per heavy atom. The predicted octanol–water partition coefficient (Wildman–Crippen LogP) is 3.46. The molecule has 3 aromatic rings. The van der Waals surface area contributed by atoms with E-state index in [-0.39, 0.29) is 31.2 Å². The fourth-order valence-corrected chi connectivity index (χ4v) is 4.44. The summed E-state index contributed by atoms with van der Waals surface area (Å²) in [5.74, 6) is -0.902. The summed E-state index contributed by atoms with van der Waals surface area (Å²) in [6.07, 6.45) is -3.31. The van der Waals surface area contributed by atoms with E-state index in [2.05, 4.69) is 10.1 Å². The summed E-state index contributed by atoms with van der Waals surface area (Å²) in [4.78, 5) is 39.6. The van der Waals surface area contributed by atoms with Crippen molar-refractivity contribution in [2.24, 2.45) is 17.4 Å². The van der Waals surface area contributed by atoms with Crippen LogP contribution in [-0.2, 0) is 11.2 Å². The molecule has 1 aliphatic heterocycles. The fraction of sp³-hybridized carbons (Fsp3) is 0.292. The Bertz CT molecular complexity index is 1310. The molecule has 0 saturated carbocycles. The highest BCUT2D eigenvalue weighted by Crippen LogP contribution is 2.30. The van der Waals surface area contributed by atoms with E-state index in [0.29, 0.717) is 28.6 Å². The average Bonchev–Trinajstić information content (AvgIpc) is 3.41. The van der Waals surface area contributed by atoms with Crippen molar-refractivity contribution >= 4 is 34.4 Å². The van der Waals surface area contributed by atoms with Crippen LogP contribution >= 0.6 is 0 Å². The summed E-state index contributed by atoms with van der Waals surface area (Å²) in [5.41, 5.74) is 12.4.